The van der Waals surface area contributed by atoms with E-state index in [9.17, 15) is 0 Å². The molecule has 3 rings (SSSR count). The van der Waals surface area contributed by atoms with Crippen LogP contribution in [0.25, 0.3) is 0 Å². The van der Waals surface area contributed by atoms with E-state index < -0.39 is 0 Å². The number of rotatable bonds is 10. The van der Waals surface area contributed by atoms with Gasteiger partial charge in [-0.3, -0.25) is 4.68 Å². The highest BCUT2D eigenvalue weighted by Gasteiger charge is 2.33. The first-order valence-electron chi connectivity index (χ1n) is 10.8. The highest BCUT2D eigenvalue weighted by molar-refractivity contribution is 5.79. The van der Waals surface area contributed by atoms with Crippen molar-refractivity contribution < 1.29 is 4.74 Å². The van der Waals surface area contributed by atoms with Crippen LogP contribution in [0.15, 0.2) is 47.7 Å². The third-order valence-electron chi connectivity index (χ3n) is 5.89. The van der Waals surface area contributed by atoms with E-state index in [-0.39, 0.29) is 0 Å². The Kier molecular flexibility index (Phi) is 8.11. The smallest absolute Gasteiger partial charge is 0.191 e. The van der Waals surface area contributed by atoms with Crippen LogP contribution >= 0.6 is 0 Å². The fourth-order valence-corrected chi connectivity index (χ4v) is 4.17. The van der Waals surface area contributed by atoms with Gasteiger partial charge in [-0.25, -0.2) is 4.99 Å². The molecule has 1 aliphatic rings. The zero-order valence-corrected chi connectivity index (χ0v) is 17.9. The minimum atomic E-state index is 0.338. The van der Waals surface area contributed by atoms with E-state index in [0.717, 1.165) is 38.6 Å². The summed E-state index contributed by atoms with van der Waals surface area (Å²) in [5, 5.41) is 11.3. The second-order valence-electron chi connectivity index (χ2n) is 7.97. The molecule has 6 nitrogen and oxygen atoms in total. The number of hydrogen-bond donors (Lipinski definition) is 2. The lowest BCUT2D eigenvalue weighted by molar-refractivity contribution is 0.138. The van der Waals surface area contributed by atoms with E-state index >= 15 is 0 Å². The zero-order chi connectivity index (χ0) is 20.4. The Morgan fingerprint density at radius 2 is 1.97 bits per heavy atom. The SMILES string of the molecule is CCNC(=NCc1ccccc1Cn1cccn1)NCC1(CCOC)CCCC1. The molecule has 0 atom stereocenters. The first-order valence-corrected chi connectivity index (χ1v) is 10.8. The van der Waals surface area contributed by atoms with Gasteiger partial charge >= 0.3 is 0 Å². The molecule has 0 unspecified atom stereocenters. The van der Waals surface area contributed by atoms with E-state index in [4.69, 9.17) is 9.73 Å². The number of nitrogens with zero attached hydrogens (tertiary/aromatic N) is 3. The third-order valence-corrected chi connectivity index (χ3v) is 5.89. The van der Waals surface area contributed by atoms with Gasteiger partial charge in [-0.05, 0) is 48.8 Å². The van der Waals surface area contributed by atoms with Gasteiger partial charge in [0.2, 0.25) is 0 Å². The van der Waals surface area contributed by atoms with Crippen LogP contribution in [0.1, 0.15) is 50.2 Å². The fourth-order valence-electron chi connectivity index (χ4n) is 4.17. The van der Waals surface area contributed by atoms with Crippen molar-refractivity contribution in [1.29, 1.82) is 0 Å². The summed E-state index contributed by atoms with van der Waals surface area (Å²) in [6.45, 7) is 6.17. The lowest BCUT2D eigenvalue weighted by Crippen LogP contribution is -2.43. The monoisotopic (exact) mass is 397 g/mol. The maximum atomic E-state index is 5.36. The topological polar surface area (TPSA) is 63.5 Å². The van der Waals surface area contributed by atoms with E-state index in [0.29, 0.717) is 12.0 Å². The van der Waals surface area contributed by atoms with Crippen LogP contribution in [-0.2, 0) is 17.8 Å². The van der Waals surface area contributed by atoms with Crippen LogP contribution in [0.3, 0.4) is 0 Å². The van der Waals surface area contributed by atoms with Gasteiger partial charge in [0.05, 0.1) is 13.1 Å². The highest BCUT2D eigenvalue weighted by atomic mass is 16.5. The number of ether oxygens (including phenoxy) is 1. The Morgan fingerprint density at radius 3 is 2.66 bits per heavy atom. The summed E-state index contributed by atoms with van der Waals surface area (Å²) in [5.41, 5.74) is 2.82. The summed E-state index contributed by atoms with van der Waals surface area (Å²) in [6.07, 6.45) is 10.1. The Morgan fingerprint density at radius 1 is 1.17 bits per heavy atom. The van der Waals surface area contributed by atoms with Crippen LogP contribution in [0.4, 0.5) is 0 Å². The largest absolute Gasteiger partial charge is 0.385 e. The second kappa shape index (κ2) is 11.0. The predicted molar refractivity (Wildman–Crippen MR) is 118 cm³/mol. The van der Waals surface area contributed by atoms with Crippen molar-refractivity contribution in [2.45, 2.75) is 52.1 Å². The van der Waals surface area contributed by atoms with Crippen molar-refractivity contribution in [1.82, 2.24) is 20.4 Å². The molecule has 0 amide bonds. The third kappa shape index (κ3) is 6.32. The maximum absolute atomic E-state index is 5.36. The molecule has 1 fully saturated rings. The molecule has 0 spiro atoms. The van der Waals surface area contributed by atoms with Crippen molar-refractivity contribution in [3.8, 4) is 0 Å². The number of nitrogens with one attached hydrogen (secondary N) is 2. The van der Waals surface area contributed by atoms with Crippen LogP contribution in [-0.4, -0.2) is 42.5 Å². The molecule has 158 valence electrons. The minimum absolute atomic E-state index is 0.338. The van der Waals surface area contributed by atoms with Crippen LogP contribution in [0.2, 0.25) is 0 Å². The number of guanidine groups is 1. The number of benzene rings is 1. The molecule has 0 aliphatic heterocycles. The molecule has 1 saturated carbocycles. The van der Waals surface area contributed by atoms with E-state index in [1.54, 1.807) is 7.11 Å². The summed E-state index contributed by atoms with van der Waals surface area (Å²) >= 11 is 0. The molecule has 1 aliphatic carbocycles. The number of hydrogen-bond acceptors (Lipinski definition) is 3. The van der Waals surface area contributed by atoms with Gasteiger partial charge in [0.1, 0.15) is 0 Å². The van der Waals surface area contributed by atoms with Gasteiger partial charge in [-0.15, -0.1) is 0 Å². The van der Waals surface area contributed by atoms with Gasteiger partial charge in [0.25, 0.3) is 0 Å². The summed E-state index contributed by atoms with van der Waals surface area (Å²) in [6, 6.07) is 10.4. The zero-order valence-electron chi connectivity index (χ0n) is 17.9. The molecular weight excluding hydrogens is 362 g/mol. The minimum Gasteiger partial charge on any atom is -0.385 e. The number of methoxy groups -OCH3 is 1. The molecule has 2 N–H and O–H groups in total. The standard InChI is InChI=1S/C23H35N5O/c1-3-24-22(26-19-23(13-16-29-2)11-6-7-12-23)25-17-20-9-4-5-10-21(20)18-28-15-8-14-27-28/h4-5,8-10,14-15H,3,6-7,11-13,16-19H2,1-2H3,(H2,24,25,26). The van der Waals surface area contributed by atoms with Gasteiger partial charge in [0.15, 0.2) is 5.96 Å². The van der Waals surface area contributed by atoms with Gasteiger partial charge in [-0.2, -0.15) is 5.10 Å². The summed E-state index contributed by atoms with van der Waals surface area (Å²) in [5.74, 6) is 0.894. The number of aromatic nitrogens is 2. The normalized spacial score (nSPS) is 16.1. The first kappa shape index (κ1) is 21.4. The van der Waals surface area contributed by atoms with E-state index in [1.165, 1.54) is 36.8 Å². The molecule has 29 heavy (non-hydrogen) atoms. The quantitative estimate of drug-likeness (QED) is 0.475. The van der Waals surface area contributed by atoms with E-state index in [2.05, 4.69) is 46.9 Å². The Labute approximate surface area is 174 Å². The van der Waals surface area contributed by atoms with Gasteiger partial charge in [0, 0.05) is 39.2 Å². The summed E-state index contributed by atoms with van der Waals surface area (Å²) < 4.78 is 7.31. The van der Waals surface area contributed by atoms with Crippen molar-refractivity contribution in [3.05, 3.63) is 53.9 Å². The molecular formula is C23H35N5O. The molecule has 1 heterocycles. The Bertz CT molecular complexity index is 750. The molecule has 6 heteroatoms. The number of aliphatic imine (C=N–C) groups is 1. The lowest BCUT2D eigenvalue weighted by atomic mass is 9.83. The van der Waals surface area contributed by atoms with E-state index in [1.807, 2.05) is 23.1 Å². The average molecular weight is 398 g/mol. The van der Waals surface area contributed by atoms with Crippen LogP contribution in [0.5, 0.6) is 0 Å². The maximum Gasteiger partial charge on any atom is 0.191 e. The van der Waals surface area contributed by atoms with Crippen LogP contribution in [0, 0.1) is 5.41 Å². The van der Waals surface area contributed by atoms with Crippen molar-refractivity contribution in [2.75, 3.05) is 26.8 Å². The lowest BCUT2D eigenvalue weighted by Gasteiger charge is -2.30. The molecule has 0 bridgehead atoms. The van der Waals surface area contributed by atoms with Gasteiger partial charge in [-0.1, -0.05) is 37.1 Å². The van der Waals surface area contributed by atoms with Crippen LogP contribution < -0.4 is 10.6 Å². The Balaban J connectivity index is 1.65. The second-order valence-corrected chi connectivity index (χ2v) is 7.97. The van der Waals surface area contributed by atoms with Crippen molar-refractivity contribution in [2.24, 2.45) is 10.4 Å². The van der Waals surface area contributed by atoms with Gasteiger partial charge < -0.3 is 15.4 Å². The van der Waals surface area contributed by atoms with Crippen molar-refractivity contribution >= 4 is 5.96 Å². The molecule has 2 aromatic rings. The summed E-state index contributed by atoms with van der Waals surface area (Å²) in [7, 11) is 1.79. The predicted octanol–water partition coefficient (Wildman–Crippen LogP) is 3.58. The first-order chi connectivity index (χ1) is 14.2. The fraction of sp³-hybridized carbons (Fsp3) is 0.565. The molecule has 1 aromatic carbocycles. The van der Waals surface area contributed by atoms with Crippen molar-refractivity contribution in [3.63, 3.8) is 0 Å². The molecule has 0 saturated heterocycles. The summed E-state index contributed by atoms with van der Waals surface area (Å²) in [4.78, 5) is 4.88. The molecule has 1 aromatic heterocycles. The highest BCUT2D eigenvalue weighted by Crippen LogP contribution is 2.40. The Hall–Kier alpha value is -2.34. The molecule has 0 radical (unpaired) electrons. The average Bonchev–Trinajstić information content (AvgIpc) is 3.42.